The van der Waals surface area contributed by atoms with Gasteiger partial charge in [0, 0.05) is 19.3 Å². The van der Waals surface area contributed by atoms with Crippen molar-refractivity contribution in [3.63, 3.8) is 0 Å². The molecule has 3 heteroatoms. The SMILES string of the molecule is COc1ccc(CC2CC(Cc3ccccc3)=NO2)cc1. The van der Waals surface area contributed by atoms with Gasteiger partial charge in [0.1, 0.15) is 11.9 Å². The van der Waals surface area contributed by atoms with Gasteiger partial charge in [0.15, 0.2) is 0 Å². The third kappa shape index (κ3) is 3.63. The Kier molecular flexibility index (Phi) is 4.20. The molecule has 1 heterocycles. The summed E-state index contributed by atoms with van der Waals surface area (Å²) >= 11 is 0. The summed E-state index contributed by atoms with van der Waals surface area (Å²) in [6.45, 7) is 0. The molecule has 0 N–H and O–H groups in total. The highest BCUT2D eigenvalue weighted by atomic mass is 16.6. The summed E-state index contributed by atoms with van der Waals surface area (Å²) in [7, 11) is 1.68. The van der Waals surface area contributed by atoms with Crippen LogP contribution in [-0.2, 0) is 17.7 Å². The summed E-state index contributed by atoms with van der Waals surface area (Å²) in [6, 6.07) is 18.5. The van der Waals surface area contributed by atoms with Crippen LogP contribution in [0.1, 0.15) is 17.5 Å². The van der Waals surface area contributed by atoms with Crippen LogP contribution in [0.4, 0.5) is 0 Å². The highest BCUT2D eigenvalue weighted by Crippen LogP contribution is 2.20. The number of oxime groups is 1. The molecule has 0 fully saturated rings. The zero-order chi connectivity index (χ0) is 14.5. The number of nitrogens with zero attached hydrogens (tertiary/aromatic N) is 1. The fourth-order valence-corrected chi connectivity index (χ4v) is 2.56. The van der Waals surface area contributed by atoms with Crippen LogP contribution in [0.2, 0.25) is 0 Å². The largest absolute Gasteiger partial charge is 0.497 e. The Bertz CT molecular complexity index is 605. The molecule has 2 aromatic rings. The van der Waals surface area contributed by atoms with Gasteiger partial charge in [-0.1, -0.05) is 47.6 Å². The van der Waals surface area contributed by atoms with Crippen molar-refractivity contribution in [2.75, 3.05) is 7.11 Å². The summed E-state index contributed by atoms with van der Waals surface area (Å²) in [5.74, 6) is 0.882. The van der Waals surface area contributed by atoms with Crippen LogP contribution in [0, 0.1) is 0 Å². The Hall–Kier alpha value is -2.29. The lowest BCUT2D eigenvalue weighted by Gasteiger charge is -2.08. The van der Waals surface area contributed by atoms with Gasteiger partial charge in [-0.15, -0.1) is 0 Å². The molecule has 0 bridgehead atoms. The maximum atomic E-state index is 5.55. The van der Waals surface area contributed by atoms with Crippen LogP contribution in [0.25, 0.3) is 0 Å². The van der Waals surface area contributed by atoms with Crippen molar-refractivity contribution < 1.29 is 9.57 Å². The average Bonchev–Trinajstić information content (AvgIpc) is 2.96. The van der Waals surface area contributed by atoms with E-state index in [2.05, 4.69) is 41.6 Å². The summed E-state index contributed by atoms with van der Waals surface area (Å²) in [6.07, 6.45) is 2.81. The molecule has 0 spiro atoms. The topological polar surface area (TPSA) is 30.8 Å². The van der Waals surface area contributed by atoms with Crippen molar-refractivity contribution in [2.24, 2.45) is 5.16 Å². The Morgan fingerprint density at radius 2 is 1.81 bits per heavy atom. The molecule has 2 aromatic carbocycles. The van der Waals surface area contributed by atoms with Crippen LogP contribution in [0.5, 0.6) is 5.75 Å². The number of methoxy groups -OCH3 is 1. The van der Waals surface area contributed by atoms with Gasteiger partial charge in [-0.3, -0.25) is 0 Å². The van der Waals surface area contributed by atoms with Crippen LogP contribution < -0.4 is 4.74 Å². The van der Waals surface area contributed by atoms with E-state index in [1.807, 2.05) is 18.2 Å². The van der Waals surface area contributed by atoms with E-state index in [4.69, 9.17) is 9.57 Å². The summed E-state index contributed by atoms with van der Waals surface area (Å²) in [4.78, 5) is 5.55. The lowest BCUT2D eigenvalue weighted by molar-refractivity contribution is 0.0859. The smallest absolute Gasteiger partial charge is 0.136 e. The lowest BCUT2D eigenvalue weighted by atomic mass is 10.0. The van der Waals surface area contributed by atoms with Crippen molar-refractivity contribution in [3.8, 4) is 5.75 Å². The molecule has 0 aliphatic carbocycles. The molecule has 0 amide bonds. The van der Waals surface area contributed by atoms with E-state index < -0.39 is 0 Å². The number of benzene rings is 2. The molecule has 3 nitrogen and oxygen atoms in total. The molecule has 0 aromatic heterocycles. The quantitative estimate of drug-likeness (QED) is 0.838. The average molecular weight is 281 g/mol. The normalized spacial score (nSPS) is 17.2. The van der Waals surface area contributed by atoms with Crippen molar-refractivity contribution in [3.05, 3.63) is 65.7 Å². The second kappa shape index (κ2) is 6.44. The fourth-order valence-electron chi connectivity index (χ4n) is 2.56. The van der Waals surface area contributed by atoms with E-state index in [0.29, 0.717) is 0 Å². The molecule has 0 radical (unpaired) electrons. The van der Waals surface area contributed by atoms with E-state index in [1.54, 1.807) is 7.11 Å². The summed E-state index contributed by atoms with van der Waals surface area (Å²) in [5.41, 5.74) is 3.65. The minimum Gasteiger partial charge on any atom is -0.497 e. The number of ether oxygens (including phenoxy) is 1. The Balaban J connectivity index is 1.53. The monoisotopic (exact) mass is 281 g/mol. The van der Waals surface area contributed by atoms with Gasteiger partial charge in [-0.05, 0) is 23.3 Å². The van der Waals surface area contributed by atoms with Gasteiger partial charge in [0.05, 0.1) is 12.8 Å². The molecule has 1 aliphatic rings. The first-order valence-electron chi connectivity index (χ1n) is 7.22. The van der Waals surface area contributed by atoms with Gasteiger partial charge in [-0.2, -0.15) is 0 Å². The molecule has 3 rings (SSSR count). The van der Waals surface area contributed by atoms with Crippen molar-refractivity contribution in [1.29, 1.82) is 0 Å². The van der Waals surface area contributed by atoms with Crippen LogP contribution >= 0.6 is 0 Å². The number of rotatable bonds is 5. The summed E-state index contributed by atoms with van der Waals surface area (Å²) in [5, 5.41) is 4.23. The second-order valence-electron chi connectivity index (χ2n) is 5.30. The molecular formula is C18H19NO2. The third-order valence-electron chi connectivity index (χ3n) is 3.67. The predicted molar refractivity (Wildman–Crippen MR) is 83.8 cm³/mol. The van der Waals surface area contributed by atoms with E-state index in [9.17, 15) is 0 Å². The van der Waals surface area contributed by atoms with Gasteiger partial charge >= 0.3 is 0 Å². The van der Waals surface area contributed by atoms with Crippen molar-refractivity contribution >= 4 is 5.71 Å². The zero-order valence-corrected chi connectivity index (χ0v) is 12.2. The van der Waals surface area contributed by atoms with E-state index in [-0.39, 0.29) is 6.10 Å². The van der Waals surface area contributed by atoms with E-state index in [0.717, 1.165) is 30.7 Å². The van der Waals surface area contributed by atoms with E-state index >= 15 is 0 Å². The molecular weight excluding hydrogens is 262 g/mol. The van der Waals surface area contributed by atoms with Crippen molar-refractivity contribution in [1.82, 2.24) is 0 Å². The molecule has 0 saturated carbocycles. The molecule has 21 heavy (non-hydrogen) atoms. The third-order valence-corrected chi connectivity index (χ3v) is 3.67. The maximum absolute atomic E-state index is 5.55. The van der Waals surface area contributed by atoms with Gasteiger partial charge in [0.25, 0.3) is 0 Å². The lowest BCUT2D eigenvalue weighted by Crippen LogP contribution is -2.12. The van der Waals surface area contributed by atoms with Gasteiger partial charge < -0.3 is 9.57 Å². The minimum absolute atomic E-state index is 0.150. The van der Waals surface area contributed by atoms with Crippen LogP contribution in [-0.4, -0.2) is 18.9 Å². The minimum atomic E-state index is 0.150. The standard InChI is InChI=1S/C18H19NO2/c1-20-17-9-7-15(8-10-17)12-18-13-16(19-21-18)11-14-5-3-2-4-6-14/h2-10,18H,11-13H2,1H3. The first kappa shape index (κ1) is 13.7. The number of hydrogen-bond acceptors (Lipinski definition) is 3. The predicted octanol–water partition coefficient (Wildman–Crippen LogP) is 3.63. The van der Waals surface area contributed by atoms with Crippen LogP contribution in [0.15, 0.2) is 59.8 Å². The first-order chi connectivity index (χ1) is 10.3. The molecule has 1 atom stereocenters. The van der Waals surface area contributed by atoms with Crippen LogP contribution in [0.3, 0.4) is 0 Å². The molecule has 108 valence electrons. The maximum Gasteiger partial charge on any atom is 0.136 e. The Morgan fingerprint density at radius 1 is 1.05 bits per heavy atom. The highest BCUT2D eigenvalue weighted by molar-refractivity contribution is 5.87. The molecule has 1 unspecified atom stereocenters. The van der Waals surface area contributed by atoms with E-state index in [1.165, 1.54) is 11.1 Å². The van der Waals surface area contributed by atoms with Gasteiger partial charge in [-0.25, -0.2) is 0 Å². The zero-order valence-electron chi connectivity index (χ0n) is 12.2. The molecule has 0 saturated heterocycles. The van der Waals surface area contributed by atoms with Crippen molar-refractivity contribution in [2.45, 2.75) is 25.4 Å². The Labute approximate surface area is 125 Å². The number of hydrogen-bond donors (Lipinski definition) is 0. The first-order valence-corrected chi connectivity index (χ1v) is 7.22. The fraction of sp³-hybridized carbons (Fsp3) is 0.278. The van der Waals surface area contributed by atoms with Gasteiger partial charge in [0.2, 0.25) is 0 Å². The summed E-state index contributed by atoms with van der Waals surface area (Å²) < 4.78 is 5.17. The second-order valence-corrected chi connectivity index (χ2v) is 5.30. The Morgan fingerprint density at radius 3 is 2.52 bits per heavy atom. The highest BCUT2D eigenvalue weighted by Gasteiger charge is 2.21. The molecule has 1 aliphatic heterocycles.